The summed E-state index contributed by atoms with van der Waals surface area (Å²) in [5.74, 6) is -0.871. The minimum absolute atomic E-state index is 0.376. The monoisotopic (exact) mass is 300 g/mol. The molecule has 0 saturated carbocycles. The third kappa shape index (κ3) is 2.28. The first-order chi connectivity index (χ1) is 7.61. The van der Waals surface area contributed by atoms with Gasteiger partial charge in [0.15, 0.2) is 0 Å². The molecular weight excluding hydrogens is 288 g/mol. The van der Waals surface area contributed by atoms with Crippen molar-refractivity contribution in [1.29, 1.82) is 0 Å². The van der Waals surface area contributed by atoms with Crippen LogP contribution in [0.2, 0.25) is 0 Å². The summed E-state index contributed by atoms with van der Waals surface area (Å²) >= 11 is 4.96. The van der Waals surface area contributed by atoms with Gasteiger partial charge in [-0.1, -0.05) is 26.0 Å². The van der Waals surface area contributed by atoms with Crippen molar-refractivity contribution in [3.63, 3.8) is 0 Å². The first-order valence-corrected chi connectivity index (χ1v) is 6.63. The van der Waals surface area contributed by atoms with Crippen LogP contribution in [-0.2, 0) is 0 Å². The molecule has 1 heterocycles. The summed E-state index contributed by atoms with van der Waals surface area (Å²) in [7, 11) is 0. The predicted octanol–water partition coefficient (Wildman–Crippen LogP) is 4.70. The van der Waals surface area contributed by atoms with Crippen LogP contribution in [0.25, 0.3) is 10.1 Å². The quantitative estimate of drug-likeness (QED) is 0.829. The number of halogens is 1. The largest absolute Gasteiger partial charge is 0.478 e. The highest BCUT2D eigenvalue weighted by atomic mass is 79.9. The number of carboxylic acids is 1. The summed E-state index contributed by atoms with van der Waals surface area (Å²) < 4.78 is 1.84. The maximum Gasteiger partial charge on any atom is 0.337 e. The number of aromatic carboxylic acids is 1. The van der Waals surface area contributed by atoms with Crippen LogP contribution in [0.3, 0.4) is 0 Å². The lowest BCUT2D eigenvalue weighted by Gasteiger charge is -1.95. The van der Waals surface area contributed by atoms with Gasteiger partial charge in [-0.3, -0.25) is 0 Å². The van der Waals surface area contributed by atoms with E-state index in [1.165, 1.54) is 11.3 Å². The summed E-state index contributed by atoms with van der Waals surface area (Å²) in [5, 5.41) is 9.95. The molecule has 0 unspecified atom stereocenters. The van der Waals surface area contributed by atoms with E-state index in [9.17, 15) is 4.79 Å². The Balaban J connectivity index is 0.000000606. The first kappa shape index (κ1) is 13.2. The number of rotatable bonds is 1. The molecule has 0 bridgehead atoms. The van der Waals surface area contributed by atoms with E-state index in [0.29, 0.717) is 5.56 Å². The van der Waals surface area contributed by atoms with E-state index >= 15 is 0 Å². The van der Waals surface area contributed by atoms with Crippen molar-refractivity contribution in [3.8, 4) is 0 Å². The molecule has 1 aromatic carbocycles. The first-order valence-electron chi connectivity index (χ1n) is 5.02. The van der Waals surface area contributed by atoms with E-state index in [1.54, 1.807) is 12.1 Å². The van der Waals surface area contributed by atoms with Gasteiger partial charge in [-0.15, -0.1) is 11.3 Å². The molecule has 0 aliphatic heterocycles. The minimum atomic E-state index is -0.871. The zero-order valence-electron chi connectivity index (χ0n) is 9.37. The molecule has 4 heteroatoms. The SMILES string of the molecule is CC.Cc1sc2c(C(=O)O)cccc2c1Br. The number of hydrogen-bond donors (Lipinski definition) is 1. The summed E-state index contributed by atoms with van der Waals surface area (Å²) in [5.41, 5.74) is 0.376. The lowest BCUT2D eigenvalue weighted by molar-refractivity contribution is 0.0699. The Bertz CT molecular complexity index is 517. The van der Waals surface area contributed by atoms with Crippen molar-refractivity contribution in [2.24, 2.45) is 0 Å². The number of carbonyl (C=O) groups is 1. The molecule has 2 rings (SSSR count). The van der Waals surface area contributed by atoms with E-state index in [2.05, 4.69) is 15.9 Å². The maximum atomic E-state index is 10.9. The minimum Gasteiger partial charge on any atom is -0.478 e. The number of hydrogen-bond acceptors (Lipinski definition) is 2. The van der Waals surface area contributed by atoms with Gasteiger partial charge in [-0.05, 0) is 28.9 Å². The highest BCUT2D eigenvalue weighted by Gasteiger charge is 2.13. The number of carboxylic acid groups (broad SMARTS) is 1. The second-order valence-electron chi connectivity index (χ2n) is 2.96. The lowest BCUT2D eigenvalue weighted by Crippen LogP contribution is -1.94. The van der Waals surface area contributed by atoms with Crippen molar-refractivity contribution in [3.05, 3.63) is 33.1 Å². The van der Waals surface area contributed by atoms with E-state index in [-0.39, 0.29) is 0 Å². The Kier molecular flexibility index (Phi) is 4.50. The molecule has 0 fully saturated rings. The molecule has 0 amide bonds. The fraction of sp³-hybridized carbons (Fsp3) is 0.250. The van der Waals surface area contributed by atoms with Gasteiger partial charge < -0.3 is 5.11 Å². The molecule has 16 heavy (non-hydrogen) atoms. The molecule has 2 aromatic rings. The summed E-state index contributed by atoms with van der Waals surface area (Å²) in [6.45, 7) is 5.97. The molecule has 1 N–H and O–H groups in total. The molecular formula is C12H13BrO2S. The van der Waals surface area contributed by atoms with E-state index < -0.39 is 5.97 Å². The lowest BCUT2D eigenvalue weighted by atomic mass is 10.1. The maximum absolute atomic E-state index is 10.9. The topological polar surface area (TPSA) is 37.3 Å². The zero-order chi connectivity index (χ0) is 12.3. The average molecular weight is 301 g/mol. The Morgan fingerprint density at radius 1 is 1.38 bits per heavy atom. The molecule has 0 aliphatic rings. The molecule has 0 saturated heterocycles. The number of thiophene rings is 1. The molecule has 0 radical (unpaired) electrons. The van der Waals surface area contributed by atoms with Gasteiger partial charge in [0.1, 0.15) is 0 Å². The van der Waals surface area contributed by atoms with Gasteiger partial charge in [0.05, 0.1) is 10.3 Å². The van der Waals surface area contributed by atoms with Crippen LogP contribution in [-0.4, -0.2) is 11.1 Å². The van der Waals surface area contributed by atoms with Crippen LogP contribution in [0.1, 0.15) is 29.1 Å². The molecule has 2 nitrogen and oxygen atoms in total. The highest BCUT2D eigenvalue weighted by molar-refractivity contribution is 9.10. The fourth-order valence-corrected chi connectivity index (χ4v) is 3.13. The Hall–Kier alpha value is -0.870. The summed E-state index contributed by atoms with van der Waals surface area (Å²) in [6, 6.07) is 5.32. The van der Waals surface area contributed by atoms with E-state index in [0.717, 1.165) is 19.4 Å². The van der Waals surface area contributed by atoms with Crippen molar-refractivity contribution in [1.82, 2.24) is 0 Å². The van der Waals surface area contributed by atoms with Crippen molar-refractivity contribution in [2.75, 3.05) is 0 Å². The molecule has 0 aliphatic carbocycles. The molecule has 86 valence electrons. The Morgan fingerprint density at radius 3 is 2.56 bits per heavy atom. The van der Waals surface area contributed by atoms with E-state index in [4.69, 9.17) is 5.11 Å². The number of aryl methyl sites for hydroxylation is 1. The van der Waals surface area contributed by atoms with Crippen LogP contribution in [0.5, 0.6) is 0 Å². The fourth-order valence-electron chi connectivity index (χ4n) is 1.38. The van der Waals surface area contributed by atoms with Gasteiger partial charge in [0.25, 0.3) is 0 Å². The number of fused-ring (bicyclic) bond motifs is 1. The van der Waals surface area contributed by atoms with Gasteiger partial charge in [0.2, 0.25) is 0 Å². The molecule has 0 atom stereocenters. The van der Waals surface area contributed by atoms with Crippen LogP contribution in [0, 0.1) is 6.92 Å². The third-order valence-electron chi connectivity index (χ3n) is 2.05. The second kappa shape index (κ2) is 5.46. The van der Waals surface area contributed by atoms with Crippen LogP contribution < -0.4 is 0 Å². The molecule has 1 aromatic heterocycles. The summed E-state index contributed by atoms with van der Waals surface area (Å²) in [4.78, 5) is 12.0. The van der Waals surface area contributed by atoms with E-state index in [1.807, 2.05) is 26.8 Å². The van der Waals surface area contributed by atoms with Crippen LogP contribution in [0.4, 0.5) is 0 Å². The normalized spacial score (nSPS) is 9.75. The van der Waals surface area contributed by atoms with Gasteiger partial charge >= 0.3 is 5.97 Å². The highest BCUT2D eigenvalue weighted by Crippen LogP contribution is 2.36. The third-order valence-corrected chi connectivity index (χ3v) is 4.48. The average Bonchev–Trinajstić information content (AvgIpc) is 2.58. The standard InChI is InChI=1S/C10H7BrO2S.C2H6/c1-5-8(11)6-3-2-4-7(10(12)13)9(6)14-5;1-2/h2-4H,1H3,(H,12,13);1-2H3. The Labute approximate surface area is 107 Å². The smallest absolute Gasteiger partial charge is 0.337 e. The van der Waals surface area contributed by atoms with Gasteiger partial charge in [-0.25, -0.2) is 4.79 Å². The second-order valence-corrected chi connectivity index (χ2v) is 4.98. The Morgan fingerprint density at radius 2 is 2.00 bits per heavy atom. The summed E-state index contributed by atoms with van der Waals surface area (Å²) in [6.07, 6.45) is 0. The van der Waals surface area contributed by atoms with Crippen molar-refractivity contribution in [2.45, 2.75) is 20.8 Å². The van der Waals surface area contributed by atoms with Crippen molar-refractivity contribution >= 4 is 43.3 Å². The van der Waals surface area contributed by atoms with Gasteiger partial charge in [0, 0.05) is 14.7 Å². The van der Waals surface area contributed by atoms with Crippen LogP contribution in [0.15, 0.2) is 22.7 Å². The predicted molar refractivity (Wildman–Crippen MR) is 72.6 cm³/mol. The van der Waals surface area contributed by atoms with Gasteiger partial charge in [-0.2, -0.15) is 0 Å². The van der Waals surface area contributed by atoms with Crippen molar-refractivity contribution < 1.29 is 9.90 Å². The van der Waals surface area contributed by atoms with Crippen LogP contribution >= 0.6 is 27.3 Å². The zero-order valence-corrected chi connectivity index (χ0v) is 11.8. The molecule has 0 spiro atoms. The number of benzene rings is 1.